The first kappa shape index (κ1) is 12.4. The van der Waals surface area contributed by atoms with Crippen LogP contribution in [0.5, 0.6) is 0 Å². The summed E-state index contributed by atoms with van der Waals surface area (Å²) in [6, 6.07) is 13.9. The molecule has 3 aromatic rings. The molecule has 0 spiro atoms. The summed E-state index contributed by atoms with van der Waals surface area (Å²) in [5.41, 5.74) is 11.8. The summed E-state index contributed by atoms with van der Waals surface area (Å²) in [5.74, 6) is 0. The number of rotatable bonds is 2. The zero-order valence-electron chi connectivity index (χ0n) is 11.5. The Balaban J connectivity index is 1.99. The van der Waals surface area contributed by atoms with E-state index in [9.17, 15) is 0 Å². The Morgan fingerprint density at radius 1 is 1.00 bits per heavy atom. The van der Waals surface area contributed by atoms with Crippen LogP contribution in [-0.4, -0.2) is 15.0 Å². The number of nitrogens with zero attached hydrogens (tertiary/aromatic N) is 3. The first-order valence-corrected chi connectivity index (χ1v) is 6.49. The predicted octanol–water partition coefficient (Wildman–Crippen LogP) is 3.13. The van der Waals surface area contributed by atoms with Crippen molar-refractivity contribution >= 4 is 5.69 Å². The molecule has 20 heavy (non-hydrogen) atoms. The fourth-order valence-electron chi connectivity index (χ4n) is 2.24. The van der Waals surface area contributed by atoms with Gasteiger partial charge in [0, 0.05) is 11.3 Å². The molecule has 0 aliphatic rings. The van der Waals surface area contributed by atoms with Gasteiger partial charge in [0.1, 0.15) is 5.69 Å². The van der Waals surface area contributed by atoms with Crippen molar-refractivity contribution in [1.29, 1.82) is 0 Å². The predicted molar refractivity (Wildman–Crippen MR) is 80.7 cm³/mol. The van der Waals surface area contributed by atoms with Gasteiger partial charge in [-0.2, -0.15) is 0 Å². The number of anilines is 1. The number of aryl methyl sites for hydroxylation is 2. The van der Waals surface area contributed by atoms with Crippen LogP contribution in [0.25, 0.3) is 16.9 Å². The highest BCUT2D eigenvalue weighted by Gasteiger charge is 2.07. The number of nitrogens with two attached hydrogens (primary N) is 1. The molecule has 4 heteroatoms. The molecule has 0 saturated carbocycles. The summed E-state index contributed by atoms with van der Waals surface area (Å²) in [7, 11) is 0. The van der Waals surface area contributed by atoms with Gasteiger partial charge in [0.05, 0.1) is 11.9 Å². The zero-order valence-corrected chi connectivity index (χ0v) is 11.5. The molecule has 0 aliphatic heterocycles. The van der Waals surface area contributed by atoms with Gasteiger partial charge in [-0.25, -0.2) is 4.68 Å². The van der Waals surface area contributed by atoms with Gasteiger partial charge >= 0.3 is 0 Å². The molecule has 2 aromatic carbocycles. The highest BCUT2D eigenvalue weighted by Crippen LogP contribution is 2.22. The Morgan fingerprint density at radius 2 is 1.75 bits per heavy atom. The van der Waals surface area contributed by atoms with Gasteiger partial charge in [0.25, 0.3) is 0 Å². The standard InChI is InChI=1S/C16H16N4/c1-11-3-8-15(12(2)9-11)16-10-20(19-18-16)14-6-4-13(17)5-7-14/h3-10H,17H2,1-2H3. The third-order valence-corrected chi connectivity index (χ3v) is 3.31. The van der Waals surface area contributed by atoms with Crippen LogP contribution < -0.4 is 5.73 Å². The maximum absolute atomic E-state index is 5.69. The molecule has 3 rings (SSSR count). The monoisotopic (exact) mass is 264 g/mol. The molecule has 0 radical (unpaired) electrons. The molecule has 0 bridgehead atoms. The van der Waals surface area contributed by atoms with Gasteiger partial charge in [-0.3, -0.25) is 0 Å². The average molecular weight is 264 g/mol. The number of aromatic nitrogens is 3. The summed E-state index contributed by atoms with van der Waals surface area (Å²) in [4.78, 5) is 0. The van der Waals surface area contributed by atoms with Gasteiger partial charge in [-0.05, 0) is 43.7 Å². The topological polar surface area (TPSA) is 56.7 Å². The van der Waals surface area contributed by atoms with Crippen molar-refractivity contribution in [2.24, 2.45) is 0 Å². The van der Waals surface area contributed by atoms with E-state index in [0.717, 1.165) is 22.6 Å². The van der Waals surface area contributed by atoms with Crippen molar-refractivity contribution in [2.75, 3.05) is 5.73 Å². The van der Waals surface area contributed by atoms with E-state index in [2.05, 4.69) is 42.4 Å². The van der Waals surface area contributed by atoms with Crippen molar-refractivity contribution in [3.8, 4) is 16.9 Å². The SMILES string of the molecule is Cc1ccc(-c2cn(-c3ccc(N)cc3)nn2)c(C)c1. The maximum atomic E-state index is 5.69. The summed E-state index contributed by atoms with van der Waals surface area (Å²) in [6.07, 6.45) is 1.93. The van der Waals surface area contributed by atoms with Crippen LogP contribution in [0.1, 0.15) is 11.1 Å². The lowest BCUT2D eigenvalue weighted by molar-refractivity contribution is 0.804. The van der Waals surface area contributed by atoms with E-state index in [4.69, 9.17) is 5.73 Å². The number of hydrogen-bond acceptors (Lipinski definition) is 3. The Morgan fingerprint density at radius 3 is 2.45 bits per heavy atom. The van der Waals surface area contributed by atoms with Gasteiger partial charge in [-0.15, -0.1) is 5.10 Å². The molecule has 1 aromatic heterocycles. The highest BCUT2D eigenvalue weighted by atomic mass is 15.4. The molecule has 2 N–H and O–H groups in total. The second kappa shape index (κ2) is 4.81. The largest absolute Gasteiger partial charge is 0.399 e. The van der Waals surface area contributed by atoms with Crippen LogP contribution >= 0.6 is 0 Å². The van der Waals surface area contributed by atoms with Crippen LogP contribution in [0.4, 0.5) is 5.69 Å². The third kappa shape index (κ3) is 2.28. The lowest BCUT2D eigenvalue weighted by atomic mass is 10.0. The molecule has 0 saturated heterocycles. The lowest BCUT2D eigenvalue weighted by Gasteiger charge is -2.03. The first-order valence-electron chi connectivity index (χ1n) is 6.49. The summed E-state index contributed by atoms with van der Waals surface area (Å²) in [6.45, 7) is 4.17. The van der Waals surface area contributed by atoms with Crippen molar-refractivity contribution in [3.05, 3.63) is 59.8 Å². The number of benzene rings is 2. The average Bonchev–Trinajstić information content (AvgIpc) is 2.89. The molecular formula is C16H16N4. The van der Waals surface area contributed by atoms with Crippen LogP contribution in [-0.2, 0) is 0 Å². The van der Waals surface area contributed by atoms with Crippen molar-refractivity contribution in [2.45, 2.75) is 13.8 Å². The molecule has 0 unspecified atom stereocenters. The van der Waals surface area contributed by atoms with E-state index < -0.39 is 0 Å². The quantitative estimate of drug-likeness (QED) is 0.723. The smallest absolute Gasteiger partial charge is 0.113 e. The van der Waals surface area contributed by atoms with E-state index in [-0.39, 0.29) is 0 Å². The lowest BCUT2D eigenvalue weighted by Crippen LogP contribution is -1.95. The van der Waals surface area contributed by atoms with E-state index in [1.807, 2.05) is 30.5 Å². The van der Waals surface area contributed by atoms with E-state index in [1.54, 1.807) is 4.68 Å². The van der Waals surface area contributed by atoms with Crippen LogP contribution in [0.2, 0.25) is 0 Å². The molecule has 0 atom stereocenters. The normalized spacial score (nSPS) is 10.7. The molecule has 4 nitrogen and oxygen atoms in total. The Bertz CT molecular complexity index is 741. The molecule has 100 valence electrons. The van der Waals surface area contributed by atoms with Gasteiger partial charge in [0.15, 0.2) is 0 Å². The first-order chi connectivity index (χ1) is 9.63. The van der Waals surface area contributed by atoms with Gasteiger partial charge in [-0.1, -0.05) is 29.0 Å². The van der Waals surface area contributed by atoms with E-state index in [1.165, 1.54) is 11.1 Å². The summed E-state index contributed by atoms with van der Waals surface area (Å²) < 4.78 is 1.76. The fourth-order valence-corrected chi connectivity index (χ4v) is 2.24. The Hall–Kier alpha value is -2.62. The second-order valence-electron chi connectivity index (χ2n) is 4.96. The Kier molecular flexibility index (Phi) is 2.99. The minimum Gasteiger partial charge on any atom is -0.399 e. The number of hydrogen-bond donors (Lipinski definition) is 1. The van der Waals surface area contributed by atoms with Gasteiger partial charge < -0.3 is 5.73 Å². The zero-order chi connectivity index (χ0) is 14.1. The molecular weight excluding hydrogens is 248 g/mol. The second-order valence-corrected chi connectivity index (χ2v) is 4.96. The van der Waals surface area contributed by atoms with Crippen molar-refractivity contribution in [1.82, 2.24) is 15.0 Å². The highest BCUT2D eigenvalue weighted by molar-refractivity contribution is 5.63. The fraction of sp³-hybridized carbons (Fsp3) is 0.125. The Labute approximate surface area is 117 Å². The summed E-state index contributed by atoms with van der Waals surface area (Å²) >= 11 is 0. The molecule has 0 amide bonds. The number of nitrogen functional groups attached to an aromatic ring is 1. The van der Waals surface area contributed by atoms with Crippen LogP contribution in [0, 0.1) is 13.8 Å². The van der Waals surface area contributed by atoms with Crippen LogP contribution in [0.3, 0.4) is 0 Å². The van der Waals surface area contributed by atoms with Gasteiger partial charge in [0.2, 0.25) is 0 Å². The molecule has 0 fully saturated rings. The molecule has 1 heterocycles. The van der Waals surface area contributed by atoms with Crippen molar-refractivity contribution < 1.29 is 0 Å². The maximum Gasteiger partial charge on any atom is 0.113 e. The minimum absolute atomic E-state index is 0.739. The van der Waals surface area contributed by atoms with Crippen LogP contribution in [0.15, 0.2) is 48.7 Å². The van der Waals surface area contributed by atoms with E-state index in [0.29, 0.717) is 0 Å². The minimum atomic E-state index is 0.739. The summed E-state index contributed by atoms with van der Waals surface area (Å²) in [5, 5.41) is 8.44. The third-order valence-electron chi connectivity index (χ3n) is 3.31. The van der Waals surface area contributed by atoms with E-state index >= 15 is 0 Å². The molecule has 0 aliphatic carbocycles. The van der Waals surface area contributed by atoms with Crippen molar-refractivity contribution in [3.63, 3.8) is 0 Å².